The van der Waals surface area contributed by atoms with Gasteiger partial charge in [0.05, 0.1) is 13.2 Å². The van der Waals surface area contributed by atoms with Crippen molar-refractivity contribution in [1.29, 1.82) is 0 Å². The fraction of sp³-hybridized carbons (Fsp3) is 0.588. The number of rotatable bonds is 6. The van der Waals surface area contributed by atoms with Crippen LogP contribution < -0.4 is 9.64 Å². The highest BCUT2D eigenvalue weighted by atomic mass is 16.5. The summed E-state index contributed by atoms with van der Waals surface area (Å²) in [7, 11) is 0. The molecule has 1 fully saturated rings. The van der Waals surface area contributed by atoms with E-state index in [0.717, 1.165) is 31.8 Å². The quantitative estimate of drug-likeness (QED) is 0.635. The molecule has 0 saturated carbocycles. The summed E-state index contributed by atoms with van der Waals surface area (Å²) >= 11 is 0. The van der Waals surface area contributed by atoms with Crippen molar-refractivity contribution in [3.05, 3.63) is 29.8 Å². The maximum absolute atomic E-state index is 11.3. The van der Waals surface area contributed by atoms with Crippen molar-refractivity contribution in [3.8, 4) is 5.75 Å². The number of Topliss-reactive ketones (excluding diaryl/α,β-unsaturated/α-hetero) is 1. The Balaban J connectivity index is 1.72. The van der Waals surface area contributed by atoms with E-state index in [2.05, 4.69) is 13.8 Å². The smallest absolute Gasteiger partial charge is 0.159 e. The molecule has 0 bridgehead atoms. The number of nitrogens with one attached hydrogen (secondary N) is 1. The molecule has 2 atom stereocenters. The van der Waals surface area contributed by atoms with Gasteiger partial charge in [0, 0.05) is 12.0 Å². The number of benzene rings is 1. The number of ether oxygens (including phenoxy) is 2. The van der Waals surface area contributed by atoms with Crippen molar-refractivity contribution in [2.24, 2.45) is 0 Å². The van der Waals surface area contributed by atoms with Gasteiger partial charge in [0.25, 0.3) is 0 Å². The molecule has 0 radical (unpaired) electrons. The van der Waals surface area contributed by atoms with E-state index >= 15 is 0 Å². The molecule has 1 aromatic rings. The van der Waals surface area contributed by atoms with Crippen molar-refractivity contribution < 1.29 is 19.2 Å². The third-order valence-corrected chi connectivity index (χ3v) is 3.80. The van der Waals surface area contributed by atoms with E-state index in [4.69, 9.17) is 9.47 Å². The minimum absolute atomic E-state index is 0.0705. The summed E-state index contributed by atoms with van der Waals surface area (Å²) in [5.41, 5.74) is 0.703. The monoisotopic (exact) mass is 292 g/mol. The summed E-state index contributed by atoms with van der Waals surface area (Å²) in [4.78, 5) is 12.9. The van der Waals surface area contributed by atoms with E-state index in [1.54, 1.807) is 11.8 Å². The van der Waals surface area contributed by atoms with Crippen LogP contribution in [0.5, 0.6) is 5.75 Å². The third-order valence-electron chi connectivity index (χ3n) is 3.80. The zero-order valence-corrected chi connectivity index (χ0v) is 13.2. The van der Waals surface area contributed by atoms with Crippen LogP contribution in [0.1, 0.15) is 37.6 Å². The lowest BCUT2D eigenvalue weighted by Gasteiger charge is -2.32. The van der Waals surface area contributed by atoms with Gasteiger partial charge in [-0.1, -0.05) is 12.1 Å². The Kier molecular flexibility index (Phi) is 5.76. The lowest BCUT2D eigenvalue weighted by atomic mass is 10.1. The van der Waals surface area contributed by atoms with Gasteiger partial charge in [-0.05, 0) is 32.9 Å². The van der Waals surface area contributed by atoms with Gasteiger partial charge >= 0.3 is 0 Å². The van der Waals surface area contributed by atoms with E-state index in [0.29, 0.717) is 24.4 Å². The van der Waals surface area contributed by atoms with Crippen LogP contribution in [-0.4, -0.2) is 44.2 Å². The topological polar surface area (TPSA) is 40.0 Å². The first-order valence-electron chi connectivity index (χ1n) is 7.77. The Morgan fingerprint density at radius 2 is 2.05 bits per heavy atom. The molecule has 4 nitrogen and oxygen atoms in total. The zero-order valence-electron chi connectivity index (χ0n) is 13.2. The molecule has 0 spiro atoms. The summed E-state index contributed by atoms with van der Waals surface area (Å²) in [5, 5.41) is 0. The second kappa shape index (κ2) is 7.57. The van der Waals surface area contributed by atoms with Gasteiger partial charge in [-0.3, -0.25) is 4.79 Å². The predicted octanol–water partition coefficient (Wildman–Crippen LogP) is 1.35. The van der Waals surface area contributed by atoms with Crippen molar-refractivity contribution in [2.45, 2.75) is 39.4 Å². The number of hydrogen-bond donors (Lipinski definition) is 1. The van der Waals surface area contributed by atoms with Crippen molar-refractivity contribution in [1.82, 2.24) is 0 Å². The summed E-state index contributed by atoms with van der Waals surface area (Å²) in [6, 6.07) is 7.39. The SMILES string of the molecule is CC(=O)c1cccc(OCCC[NH+]2C[C@H](C)O[C@@H](C)C2)c1. The Labute approximate surface area is 127 Å². The Morgan fingerprint density at radius 3 is 2.71 bits per heavy atom. The fourth-order valence-electron chi connectivity index (χ4n) is 2.91. The fourth-order valence-corrected chi connectivity index (χ4v) is 2.91. The van der Waals surface area contributed by atoms with Crippen LogP contribution in [0.15, 0.2) is 24.3 Å². The number of carbonyl (C=O) groups is 1. The molecule has 116 valence electrons. The summed E-state index contributed by atoms with van der Waals surface area (Å²) < 4.78 is 11.5. The molecule has 4 heteroatoms. The second-order valence-corrected chi connectivity index (χ2v) is 5.95. The normalized spacial score (nSPS) is 25.6. The van der Waals surface area contributed by atoms with Crippen LogP contribution in [0.4, 0.5) is 0 Å². The largest absolute Gasteiger partial charge is 0.493 e. The zero-order chi connectivity index (χ0) is 15.2. The average Bonchev–Trinajstić information content (AvgIpc) is 2.43. The Morgan fingerprint density at radius 1 is 1.33 bits per heavy atom. The van der Waals surface area contributed by atoms with Gasteiger partial charge in [-0.25, -0.2) is 0 Å². The van der Waals surface area contributed by atoms with E-state index in [9.17, 15) is 4.79 Å². The van der Waals surface area contributed by atoms with Crippen molar-refractivity contribution in [3.63, 3.8) is 0 Å². The first kappa shape index (κ1) is 16.0. The van der Waals surface area contributed by atoms with Crippen LogP contribution in [0.3, 0.4) is 0 Å². The van der Waals surface area contributed by atoms with Gasteiger partial charge in [0.1, 0.15) is 31.0 Å². The first-order valence-corrected chi connectivity index (χ1v) is 7.77. The molecular formula is C17H26NO3+. The van der Waals surface area contributed by atoms with Gasteiger partial charge < -0.3 is 14.4 Å². The number of ketones is 1. The lowest BCUT2D eigenvalue weighted by molar-refractivity contribution is -0.915. The second-order valence-electron chi connectivity index (χ2n) is 5.95. The van der Waals surface area contributed by atoms with Crippen molar-refractivity contribution in [2.75, 3.05) is 26.2 Å². The van der Waals surface area contributed by atoms with E-state index in [-0.39, 0.29) is 5.78 Å². The van der Waals surface area contributed by atoms with Gasteiger partial charge in [0.2, 0.25) is 0 Å². The first-order chi connectivity index (χ1) is 10.0. The summed E-state index contributed by atoms with van der Waals surface area (Å²) in [6.45, 7) is 9.79. The van der Waals surface area contributed by atoms with E-state index < -0.39 is 0 Å². The number of morpholine rings is 1. The standard InChI is InChI=1S/C17H25NO3/c1-13-11-18(12-14(2)21-13)8-5-9-20-17-7-4-6-16(10-17)15(3)19/h4,6-7,10,13-14H,5,8-9,11-12H2,1-3H3/p+1/t13-,14-/m0/s1. The molecule has 1 aliphatic rings. The Bertz CT molecular complexity index is 465. The van der Waals surface area contributed by atoms with Crippen LogP contribution in [0.25, 0.3) is 0 Å². The molecule has 21 heavy (non-hydrogen) atoms. The lowest BCUT2D eigenvalue weighted by Crippen LogP contribution is -3.15. The average molecular weight is 292 g/mol. The van der Waals surface area contributed by atoms with Gasteiger partial charge in [0.15, 0.2) is 5.78 Å². The molecule has 1 N–H and O–H groups in total. The Hall–Kier alpha value is -1.39. The molecule has 0 amide bonds. The maximum atomic E-state index is 11.3. The highest BCUT2D eigenvalue weighted by Crippen LogP contribution is 2.13. The van der Waals surface area contributed by atoms with Crippen LogP contribution >= 0.6 is 0 Å². The molecule has 1 aromatic carbocycles. The van der Waals surface area contributed by atoms with Gasteiger partial charge in [-0.2, -0.15) is 0 Å². The number of hydrogen-bond acceptors (Lipinski definition) is 3. The van der Waals surface area contributed by atoms with E-state index in [1.165, 1.54) is 0 Å². The molecule has 0 aliphatic carbocycles. The highest BCUT2D eigenvalue weighted by Gasteiger charge is 2.24. The number of quaternary nitrogens is 1. The van der Waals surface area contributed by atoms with Gasteiger partial charge in [-0.15, -0.1) is 0 Å². The molecular weight excluding hydrogens is 266 g/mol. The molecule has 1 heterocycles. The van der Waals surface area contributed by atoms with Crippen molar-refractivity contribution >= 4 is 5.78 Å². The molecule has 0 aromatic heterocycles. The number of carbonyl (C=O) groups excluding carboxylic acids is 1. The predicted molar refractivity (Wildman–Crippen MR) is 82.1 cm³/mol. The minimum atomic E-state index is 0.0705. The summed E-state index contributed by atoms with van der Waals surface area (Å²) in [5.74, 6) is 0.850. The van der Waals surface area contributed by atoms with Crippen LogP contribution in [-0.2, 0) is 4.74 Å². The molecule has 1 saturated heterocycles. The molecule has 2 rings (SSSR count). The minimum Gasteiger partial charge on any atom is -0.493 e. The third kappa shape index (κ3) is 5.14. The van der Waals surface area contributed by atoms with Crippen LogP contribution in [0.2, 0.25) is 0 Å². The van der Waals surface area contributed by atoms with Crippen LogP contribution in [0, 0.1) is 0 Å². The molecule has 1 aliphatic heterocycles. The maximum Gasteiger partial charge on any atom is 0.159 e. The summed E-state index contributed by atoms with van der Waals surface area (Å²) in [6.07, 6.45) is 1.70. The van der Waals surface area contributed by atoms with E-state index in [1.807, 2.05) is 24.3 Å². The molecule has 0 unspecified atom stereocenters. The highest BCUT2D eigenvalue weighted by molar-refractivity contribution is 5.94.